The lowest BCUT2D eigenvalue weighted by molar-refractivity contribution is -0.133. The standard InChI is InChI=1S/C20H25N3O3/c1-2-3-7-11-22-16-21-23-12-8-13-25-15-18(19(23)20(22)24)26-14-17-9-5-4-6-10-17/h2,4-6,8-10,12,21H,1,3,7,11,13-16H2/b12-8-,19-18?. The summed E-state index contributed by atoms with van der Waals surface area (Å²) in [4.78, 5) is 14.8. The maximum absolute atomic E-state index is 13.0. The molecule has 2 heterocycles. The van der Waals surface area contributed by atoms with Crippen LogP contribution in [0.5, 0.6) is 0 Å². The van der Waals surface area contributed by atoms with Gasteiger partial charge < -0.3 is 14.4 Å². The number of allylic oxidation sites excluding steroid dienone is 1. The van der Waals surface area contributed by atoms with E-state index in [2.05, 4.69) is 12.0 Å². The van der Waals surface area contributed by atoms with Gasteiger partial charge in [0.25, 0.3) is 5.91 Å². The molecule has 0 unspecified atom stereocenters. The number of fused-ring (bicyclic) bond motifs is 1. The molecule has 2 aliphatic rings. The van der Waals surface area contributed by atoms with Gasteiger partial charge in [0, 0.05) is 12.7 Å². The molecule has 6 heteroatoms. The number of benzene rings is 1. The summed E-state index contributed by atoms with van der Waals surface area (Å²) in [5.74, 6) is 0.496. The molecule has 1 aromatic rings. The third-order valence-corrected chi connectivity index (χ3v) is 4.22. The summed E-state index contributed by atoms with van der Waals surface area (Å²) in [6.07, 6.45) is 7.33. The van der Waals surface area contributed by atoms with Gasteiger partial charge in [0.1, 0.15) is 13.2 Å². The van der Waals surface area contributed by atoms with E-state index in [9.17, 15) is 4.79 Å². The largest absolute Gasteiger partial charge is 0.488 e. The molecule has 1 fully saturated rings. The number of hydrazine groups is 1. The van der Waals surface area contributed by atoms with Gasteiger partial charge in [0.2, 0.25) is 0 Å². The SMILES string of the molecule is C=CCCCN1CNN2/C=C\COCC(OCc3ccccc3)=C2C1=O. The highest BCUT2D eigenvalue weighted by Crippen LogP contribution is 2.21. The van der Waals surface area contributed by atoms with E-state index < -0.39 is 0 Å². The first-order valence-electron chi connectivity index (χ1n) is 8.87. The highest BCUT2D eigenvalue weighted by Gasteiger charge is 2.32. The predicted octanol–water partition coefficient (Wildman–Crippen LogP) is 2.53. The van der Waals surface area contributed by atoms with E-state index in [1.54, 1.807) is 9.91 Å². The second kappa shape index (κ2) is 9.22. The fourth-order valence-electron chi connectivity index (χ4n) is 2.84. The molecule has 0 saturated carbocycles. The van der Waals surface area contributed by atoms with E-state index in [0.717, 1.165) is 18.4 Å². The fraction of sp³-hybridized carbons (Fsp3) is 0.350. The van der Waals surface area contributed by atoms with Crippen molar-refractivity contribution in [3.05, 3.63) is 72.3 Å². The van der Waals surface area contributed by atoms with Crippen LogP contribution < -0.4 is 5.43 Å². The Morgan fingerprint density at radius 3 is 2.96 bits per heavy atom. The molecule has 1 amide bonds. The van der Waals surface area contributed by atoms with E-state index in [1.165, 1.54) is 0 Å². The number of rotatable bonds is 7. The molecule has 1 aromatic carbocycles. The maximum Gasteiger partial charge on any atom is 0.276 e. The summed E-state index contributed by atoms with van der Waals surface area (Å²) in [5.41, 5.74) is 4.79. The van der Waals surface area contributed by atoms with E-state index in [1.807, 2.05) is 48.7 Å². The Morgan fingerprint density at radius 2 is 2.15 bits per heavy atom. The van der Waals surface area contributed by atoms with Crippen molar-refractivity contribution in [2.24, 2.45) is 0 Å². The third-order valence-electron chi connectivity index (χ3n) is 4.22. The van der Waals surface area contributed by atoms with Crippen molar-refractivity contribution in [2.45, 2.75) is 19.4 Å². The Bertz CT molecular complexity index is 685. The molecule has 0 atom stereocenters. The lowest BCUT2D eigenvalue weighted by atomic mass is 10.2. The van der Waals surface area contributed by atoms with Crippen molar-refractivity contribution >= 4 is 5.91 Å². The lowest BCUT2D eigenvalue weighted by Gasteiger charge is -2.37. The molecule has 0 radical (unpaired) electrons. The summed E-state index contributed by atoms with van der Waals surface area (Å²) in [5, 5.41) is 1.75. The fourth-order valence-corrected chi connectivity index (χ4v) is 2.84. The zero-order valence-corrected chi connectivity index (χ0v) is 14.9. The van der Waals surface area contributed by atoms with Gasteiger partial charge in [-0.3, -0.25) is 9.80 Å². The molecule has 2 aliphatic heterocycles. The number of nitrogens with one attached hydrogen (secondary N) is 1. The Balaban J connectivity index is 1.79. The average Bonchev–Trinajstić information content (AvgIpc) is 2.65. The van der Waals surface area contributed by atoms with Crippen LogP contribution in [0.25, 0.3) is 0 Å². The van der Waals surface area contributed by atoms with E-state index >= 15 is 0 Å². The molecule has 6 nitrogen and oxygen atoms in total. The van der Waals surface area contributed by atoms with Crippen molar-refractivity contribution in [3.8, 4) is 0 Å². The minimum atomic E-state index is -0.0500. The van der Waals surface area contributed by atoms with E-state index in [0.29, 0.717) is 37.9 Å². The van der Waals surface area contributed by atoms with Crippen molar-refractivity contribution in [1.82, 2.24) is 15.3 Å². The number of unbranched alkanes of at least 4 members (excludes halogenated alkanes) is 1. The minimum absolute atomic E-state index is 0.0500. The smallest absolute Gasteiger partial charge is 0.276 e. The summed E-state index contributed by atoms with van der Waals surface area (Å²) < 4.78 is 11.6. The van der Waals surface area contributed by atoms with Crippen LogP contribution in [0.2, 0.25) is 0 Å². The molecule has 1 N–H and O–H groups in total. The number of carbonyl (C=O) groups excluding carboxylic acids is 1. The number of amides is 1. The zero-order chi connectivity index (χ0) is 18.2. The molecule has 0 bridgehead atoms. The van der Waals surface area contributed by atoms with Gasteiger partial charge in [-0.2, -0.15) is 0 Å². The molecule has 0 aromatic heterocycles. The van der Waals surface area contributed by atoms with Gasteiger partial charge in [-0.25, -0.2) is 5.43 Å². The second-order valence-electron chi connectivity index (χ2n) is 6.13. The van der Waals surface area contributed by atoms with Gasteiger partial charge in [-0.05, 0) is 24.5 Å². The van der Waals surface area contributed by atoms with E-state index in [-0.39, 0.29) is 12.5 Å². The first-order valence-corrected chi connectivity index (χ1v) is 8.87. The summed E-state index contributed by atoms with van der Waals surface area (Å²) in [6.45, 7) is 6.00. The Labute approximate surface area is 154 Å². The molecule has 26 heavy (non-hydrogen) atoms. The molecule has 1 saturated heterocycles. The Kier molecular flexibility index (Phi) is 6.46. The van der Waals surface area contributed by atoms with Crippen LogP contribution >= 0.6 is 0 Å². The van der Waals surface area contributed by atoms with Gasteiger partial charge in [-0.15, -0.1) is 6.58 Å². The lowest BCUT2D eigenvalue weighted by Crippen LogP contribution is -2.54. The molecule has 138 valence electrons. The zero-order valence-electron chi connectivity index (χ0n) is 14.9. The van der Waals surface area contributed by atoms with Crippen LogP contribution in [0.1, 0.15) is 18.4 Å². The van der Waals surface area contributed by atoms with Gasteiger partial charge >= 0.3 is 0 Å². The van der Waals surface area contributed by atoms with Crippen LogP contribution in [0.3, 0.4) is 0 Å². The van der Waals surface area contributed by atoms with Crippen molar-refractivity contribution < 1.29 is 14.3 Å². The van der Waals surface area contributed by atoms with Gasteiger partial charge in [0.05, 0.1) is 13.3 Å². The van der Waals surface area contributed by atoms with Crippen molar-refractivity contribution in [2.75, 3.05) is 26.4 Å². The van der Waals surface area contributed by atoms with Crippen molar-refractivity contribution in [1.29, 1.82) is 0 Å². The predicted molar refractivity (Wildman–Crippen MR) is 99.2 cm³/mol. The third kappa shape index (κ3) is 4.53. The average molecular weight is 355 g/mol. The van der Waals surface area contributed by atoms with Crippen molar-refractivity contribution in [3.63, 3.8) is 0 Å². The first kappa shape index (κ1) is 18.2. The molecular formula is C20H25N3O3. The van der Waals surface area contributed by atoms with Crippen LogP contribution in [0, 0.1) is 0 Å². The number of nitrogens with zero attached hydrogens (tertiary/aromatic N) is 2. The molecule has 0 spiro atoms. The van der Waals surface area contributed by atoms with E-state index in [4.69, 9.17) is 9.47 Å². The summed E-state index contributed by atoms with van der Waals surface area (Å²) >= 11 is 0. The Morgan fingerprint density at radius 1 is 1.31 bits per heavy atom. The monoisotopic (exact) mass is 355 g/mol. The topological polar surface area (TPSA) is 54.0 Å². The molecular weight excluding hydrogens is 330 g/mol. The number of hydrogen-bond donors (Lipinski definition) is 1. The van der Waals surface area contributed by atoms with Gasteiger partial charge in [-0.1, -0.05) is 36.4 Å². The number of carbonyl (C=O) groups is 1. The maximum atomic E-state index is 13.0. The van der Waals surface area contributed by atoms with Crippen LogP contribution in [-0.2, 0) is 20.9 Å². The normalized spacial score (nSPS) is 18.8. The second-order valence-corrected chi connectivity index (χ2v) is 6.13. The summed E-state index contributed by atoms with van der Waals surface area (Å²) in [6, 6.07) is 9.89. The minimum Gasteiger partial charge on any atom is -0.488 e. The highest BCUT2D eigenvalue weighted by atomic mass is 16.5. The number of hydrogen-bond acceptors (Lipinski definition) is 5. The summed E-state index contributed by atoms with van der Waals surface area (Å²) in [7, 11) is 0. The molecule has 3 rings (SSSR count). The quantitative estimate of drug-likeness (QED) is 0.602. The molecule has 0 aliphatic carbocycles. The van der Waals surface area contributed by atoms with Crippen LogP contribution in [-0.4, -0.2) is 42.2 Å². The van der Waals surface area contributed by atoms with Crippen LogP contribution in [0.4, 0.5) is 0 Å². The first-order chi connectivity index (χ1) is 12.8. The Hall–Kier alpha value is -2.57. The number of ether oxygens (including phenoxy) is 2. The van der Waals surface area contributed by atoms with Crippen LogP contribution in [0.15, 0.2) is 66.7 Å². The van der Waals surface area contributed by atoms with Gasteiger partial charge in [0.15, 0.2) is 11.5 Å². The highest BCUT2D eigenvalue weighted by molar-refractivity contribution is 5.94.